The van der Waals surface area contributed by atoms with E-state index in [2.05, 4.69) is 29.1 Å². The number of likely N-dealkylation sites (N-methyl/N-ethyl adjacent to an activating group) is 1. The SMILES string of the molecule is CN1CC2Cc3cccnc3[C@@H](C2)C1. The summed E-state index contributed by atoms with van der Waals surface area (Å²) in [6, 6.07) is 4.33. The summed E-state index contributed by atoms with van der Waals surface area (Å²) in [6.45, 7) is 2.46. The summed E-state index contributed by atoms with van der Waals surface area (Å²) in [6.07, 6.45) is 4.53. The molecule has 2 aliphatic rings. The van der Waals surface area contributed by atoms with Crippen molar-refractivity contribution in [2.75, 3.05) is 20.1 Å². The fourth-order valence-electron chi connectivity index (χ4n) is 3.09. The number of likely N-dealkylation sites (tertiary alicyclic amines) is 1. The van der Waals surface area contributed by atoms with E-state index in [1.165, 1.54) is 37.2 Å². The van der Waals surface area contributed by atoms with Crippen LogP contribution in [0.3, 0.4) is 0 Å². The molecule has 2 atom stereocenters. The lowest BCUT2D eigenvalue weighted by molar-refractivity contribution is 0.172. The van der Waals surface area contributed by atoms with E-state index >= 15 is 0 Å². The van der Waals surface area contributed by atoms with Gasteiger partial charge in [-0.2, -0.15) is 0 Å². The zero-order valence-corrected chi connectivity index (χ0v) is 8.61. The maximum absolute atomic E-state index is 4.55. The first kappa shape index (κ1) is 8.42. The molecule has 1 unspecified atom stereocenters. The van der Waals surface area contributed by atoms with E-state index in [9.17, 15) is 0 Å². The molecule has 0 aromatic carbocycles. The molecule has 3 rings (SSSR count). The molecule has 2 bridgehead atoms. The Bertz CT molecular complexity index is 348. The van der Waals surface area contributed by atoms with Crippen LogP contribution in [0.2, 0.25) is 0 Å². The third-order valence-electron chi connectivity index (χ3n) is 3.54. The molecule has 1 saturated heterocycles. The molecule has 2 heteroatoms. The van der Waals surface area contributed by atoms with Crippen molar-refractivity contribution in [3.8, 4) is 0 Å². The van der Waals surface area contributed by atoms with Gasteiger partial charge in [0.15, 0.2) is 0 Å². The molecule has 0 saturated carbocycles. The van der Waals surface area contributed by atoms with Crippen molar-refractivity contribution in [3.05, 3.63) is 29.6 Å². The lowest BCUT2D eigenvalue weighted by Crippen LogP contribution is -2.41. The van der Waals surface area contributed by atoms with Gasteiger partial charge in [-0.25, -0.2) is 0 Å². The van der Waals surface area contributed by atoms with Crippen LogP contribution in [0.4, 0.5) is 0 Å². The Balaban J connectivity index is 2.01. The van der Waals surface area contributed by atoms with E-state index in [1.54, 1.807) is 0 Å². The topological polar surface area (TPSA) is 16.1 Å². The molecule has 1 aliphatic heterocycles. The van der Waals surface area contributed by atoms with Gasteiger partial charge < -0.3 is 4.90 Å². The number of pyridine rings is 1. The lowest BCUT2D eigenvalue weighted by Gasteiger charge is -2.40. The molecular formula is C12H16N2. The van der Waals surface area contributed by atoms with Crippen molar-refractivity contribution in [2.45, 2.75) is 18.8 Å². The minimum absolute atomic E-state index is 0.698. The summed E-state index contributed by atoms with van der Waals surface area (Å²) in [5.74, 6) is 1.57. The monoisotopic (exact) mass is 188 g/mol. The highest BCUT2D eigenvalue weighted by Crippen LogP contribution is 2.37. The van der Waals surface area contributed by atoms with Crippen molar-refractivity contribution in [3.63, 3.8) is 0 Å². The molecule has 1 aliphatic carbocycles. The van der Waals surface area contributed by atoms with E-state index in [1.807, 2.05) is 6.20 Å². The van der Waals surface area contributed by atoms with Crippen LogP contribution in [-0.2, 0) is 6.42 Å². The minimum atomic E-state index is 0.698. The summed E-state index contributed by atoms with van der Waals surface area (Å²) in [5.41, 5.74) is 2.87. The molecule has 1 aromatic heterocycles. The zero-order chi connectivity index (χ0) is 9.54. The first-order chi connectivity index (χ1) is 6.83. The molecule has 74 valence electrons. The first-order valence-corrected chi connectivity index (χ1v) is 5.45. The fourth-order valence-corrected chi connectivity index (χ4v) is 3.09. The smallest absolute Gasteiger partial charge is 0.0479 e. The third-order valence-corrected chi connectivity index (χ3v) is 3.54. The van der Waals surface area contributed by atoms with E-state index in [0.717, 1.165) is 5.92 Å². The first-order valence-electron chi connectivity index (χ1n) is 5.45. The Morgan fingerprint density at radius 1 is 1.43 bits per heavy atom. The van der Waals surface area contributed by atoms with Gasteiger partial charge in [0.2, 0.25) is 0 Å². The van der Waals surface area contributed by atoms with Crippen LogP contribution >= 0.6 is 0 Å². The minimum Gasteiger partial charge on any atom is -0.305 e. The number of nitrogens with zero attached hydrogens (tertiary/aromatic N) is 2. The second-order valence-corrected chi connectivity index (χ2v) is 4.77. The third kappa shape index (κ3) is 1.25. The predicted octanol–water partition coefficient (Wildman–Crippen LogP) is 1.67. The van der Waals surface area contributed by atoms with E-state index in [0.29, 0.717) is 5.92 Å². The molecule has 1 aromatic rings. The van der Waals surface area contributed by atoms with Crippen LogP contribution in [0.1, 0.15) is 23.6 Å². The predicted molar refractivity (Wildman–Crippen MR) is 56.3 cm³/mol. The normalized spacial score (nSPS) is 31.2. The van der Waals surface area contributed by atoms with Gasteiger partial charge in [-0.1, -0.05) is 6.07 Å². The maximum atomic E-state index is 4.55. The number of rotatable bonds is 0. The van der Waals surface area contributed by atoms with Gasteiger partial charge in [-0.3, -0.25) is 4.98 Å². The van der Waals surface area contributed by atoms with Gasteiger partial charge in [0.25, 0.3) is 0 Å². The van der Waals surface area contributed by atoms with Crippen LogP contribution in [0, 0.1) is 5.92 Å². The summed E-state index contributed by atoms with van der Waals surface area (Å²) in [4.78, 5) is 7.00. The van der Waals surface area contributed by atoms with Crippen molar-refractivity contribution in [2.24, 2.45) is 5.92 Å². The van der Waals surface area contributed by atoms with Gasteiger partial charge in [0.1, 0.15) is 0 Å². The molecule has 2 heterocycles. The second-order valence-electron chi connectivity index (χ2n) is 4.77. The molecule has 2 nitrogen and oxygen atoms in total. The van der Waals surface area contributed by atoms with Crippen LogP contribution in [0.5, 0.6) is 0 Å². The number of hydrogen-bond donors (Lipinski definition) is 0. The van der Waals surface area contributed by atoms with Crippen LogP contribution in [0.15, 0.2) is 18.3 Å². The molecule has 14 heavy (non-hydrogen) atoms. The number of hydrogen-bond acceptors (Lipinski definition) is 2. The van der Waals surface area contributed by atoms with Gasteiger partial charge in [-0.05, 0) is 37.4 Å². The van der Waals surface area contributed by atoms with E-state index < -0.39 is 0 Å². The highest BCUT2D eigenvalue weighted by molar-refractivity contribution is 5.28. The van der Waals surface area contributed by atoms with E-state index in [4.69, 9.17) is 0 Å². The largest absolute Gasteiger partial charge is 0.305 e. The molecule has 1 fully saturated rings. The molecule has 0 spiro atoms. The van der Waals surface area contributed by atoms with E-state index in [-0.39, 0.29) is 0 Å². The highest BCUT2D eigenvalue weighted by atomic mass is 15.1. The van der Waals surface area contributed by atoms with Gasteiger partial charge in [-0.15, -0.1) is 0 Å². The van der Waals surface area contributed by atoms with Gasteiger partial charge >= 0.3 is 0 Å². The number of fused-ring (bicyclic) bond motifs is 4. The summed E-state index contributed by atoms with van der Waals surface area (Å²) >= 11 is 0. The molecule has 0 N–H and O–H groups in total. The number of aromatic nitrogens is 1. The highest BCUT2D eigenvalue weighted by Gasteiger charge is 2.33. The average molecular weight is 188 g/mol. The Hall–Kier alpha value is -0.890. The van der Waals surface area contributed by atoms with Crippen LogP contribution in [0.25, 0.3) is 0 Å². The van der Waals surface area contributed by atoms with Crippen LogP contribution in [-0.4, -0.2) is 30.0 Å². The number of piperidine rings is 1. The molecule has 0 radical (unpaired) electrons. The van der Waals surface area contributed by atoms with Crippen molar-refractivity contribution in [1.82, 2.24) is 9.88 Å². The summed E-state index contributed by atoms with van der Waals surface area (Å²) in [5, 5.41) is 0. The summed E-state index contributed by atoms with van der Waals surface area (Å²) < 4.78 is 0. The fraction of sp³-hybridized carbons (Fsp3) is 0.583. The molecular weight excluding hydrogens is 172 g/mol. The lowest BCUT2D eigenvalue weighted by atomic mass is 9.76. The standard InChI is InChI=1S/C12H16N2/c1-14-7-9-5-10-3-2-4-13-12(10)11(6-9)8-14/h2-4,9,11H,5-8H2,1H3/t9?,11-/m0/s1. The Morgan fingerprint density at radius 2 is 2.36 bits per heavy atom. The quantitative estimate of drug-likeness (QED) is 0.615. The average Bonchev–Trinajstić information content (AvgIpc) is 2.17. The Morgan fingerprint density at radius 3 is 3.29 bits per heavy atom. The Kier molecular flexibility index (Phi) is 1.84. The van der Waals surface area contributed by atoms with Gasteiger partial charge in [0, 0.05) is 30.9 Å². The Labute approximate surface area is 85.0 Å². The second kappa shape index (κ2) is 3.06. The molecule has 0 amide bonds. The van der Waals surface area contributed by atoms with Crippen molar-refractivity contribution < 1.29 is 0 Å². The zero-order valence-electron chi connectivity index (χ0n) is 8.61. The van der Waals surface area contributed by atoms with Crippen molar-refractivity contribution >= 4 is 0 Å². The van der Waals surface area contributed by atoms with Crippen molar-refractivity contribution in [1.29, 1.82) is 0 Å². The summed E-state index contributed by atoms with van der Waals surface area (Å²) in [7, 11) is 2.23. The maximum Gasteiger partial charge on any atom is 0.0479 e. The van der Waals surface area contributed by atoms with Crippen LogP contribution < -0.4 is 0 Å². The van der Waals surface area contributed by atoms with Gasteiger partial charge in [0.05, 0.1) is 0 Å².